The van der Waals surface area contributed by atoms with Gasteiger partial charge in [0.1, 0.15) is 0 Å². The number of carbonyl (C=O) groups excluding carboxylic acids is 1. The van der Waals surface area contributed by atoms with Crippen molar-refractivity contribution in [1.82, 2.24) is 9.80 Å². The molecule has 3 nitrogen and oxygen atoms in total. The van der Waals surface area contributed by atoms with Crippen molar-refractivity contribution in [2.75, 3.05) is 26.2 Å². The van der Waals surface area contributed by atoms with E-state index in [-0.39, 0.29) is 5.56 Å². The zero-order valence-electron chi connectivity index (χ0n) is 11.6. The Kier molecular flexibility index (Phi) is 3.89. The molecular formula is C15H17F3N2O. The standard InChI is InChI=1S/C15H17F3N2O/c16-12-7-10(8-13(17)14(12)18)15(21)20-6-3-11(9-20)19-4-1-2-5-19/h7-8,11H,1-6,9H2. The molecule has 2 aliphatic heterocycles. The molecular weight excluding hydrogens is 281 g/mol. The van der Waals surface area contributed by atoms with E-state index in [0.29, 0.717) is 19.1 Å². The summed E-state index contributed by atoms with van der Waals surface area (Å²) >= 11 is 0. The number of benzene rings is 1. The summed E-state index contributed by atoms with van der Waals surface area (Å²) < 4.78 is 39.4. The summed E-state index contributed by atoms with van der Waals surface area (Å²) in [6, 6.07) is 1.86. The molecule has 1 amide bonds. The zero-order valence-corrected chi connectivity index (χ0v) is 11.6. The molecule has 3 rings (SSSR count). The molecule has 2 aliphatic rings. The predicted molar refractivity (Wildman–Crippen MR) is 71.4 cm³/mol. The van der Waals surface area contributed by atoms with E-state index in [0.717, 1.165) is 31.6 Å². The summed E-state index contributed by atoms with van der Waals surface area (Å²) in [5.74, 6) is -4.63. The summed E-state index contributed by atoms with van der Waals surface area (Å²) in [4.78, 5) is 16.2. The van der Waals surface area contributed by atoms with E-state index in [4.69, 9.17) is 0 Å². The molecule has 1 aromatic carbocycles. The van der Waals surface area contributed by atoms with E-state index in [2.05, 4.69) is 4.90 Å². The number of likely N-dealkylation sites (tertiary alicyclic amines) is 2. The molecule has 2 heterocycles. The molecule has 2 saturated heterocycles. The van der Waals surface area contributed by atoms with Gasteiger partial charge >= 0.3 is 0 Å². The lowest BCUT2D eigenvalue weighted by Crippen LogP contribution is -2.37. The molecule has 1 unspecified atom stereocenters. The van der Waals surface area contributed by atoms with Gasteiger partial charge in [-0.25, -0.2) is 13.2 Å². The number of rotatable bonds is 2. The third kappa shape index (κ3) is 2.77. The second kappa shape index (κ2) is 5.67. The van der Waals surface area contributed by atoms with Gasteiger partial charge < -0.3 is 4.90 Å². The Morgan fingerprint density at radius 2 is 1.67 bits per heavy atom. The van der Waals surface area contributed by atoms with Crippen molar-refractivity contribution in [3.8, 4) is 0 Å². The van der Waals surface area contributed by atoms with E-state index in [1.807, 2.05) is 0 Å². The van der Waals surface area contributed by atoms with Gasteiger partial charge in [-0.2, -0.15) is 0 Å². The Morgan fingerprint density at radius 3 is 2.29 bits per heavy atom. The highest BCUT2D eigenvalue weighted by molar-refractivity contribution is 5.94. The first kappa shape index (κ1) is 14.4. The predicted octanol–water partition coefficient (Wildman–Crippen LogP) is 2.41. The maximum Gasteiger partial charge on any atom is 0.254 e. The lowest BCUT2D eigenvalue weighted by molar-refractivity contribution is 0.0779. The topological polar surface area (TPSA) is 23.6 Å². The molecule has 2 fully saturated rings. The van der Waals surface area contributed by atoms with Gasteiger partial charge in [-0.3, -0.25) is 9.69 Å². The van der Waals surface area contributed by atoms with Crippen LogP contribution >= 0.6 is 0 Å². The Balaban J connectivity index is 1.71. The van der Waals surface area contributed by atoms with Gasteiger partial charge in [0.05, 0.1) is 0 Å². The van der Waals surface area contributed by atoms with Gasteiger partial charge in [0.15, 0.2) is 17.5 Å². The van der Waals surface area contributed by atoms with Gasteiger partial charge in [0.25, 0.3) is 5.91 Å². The van der Waals surface area contributed by atoms with Gasteiger partial charge in [-0.15, -0.1) is 0 Å². The Labute approximate surface area is 121 Å². The van der Waals surface area contributed by atoms with Crippen molar-refractivity contribution in [1.29, 1.82) is 0 Å². The number of halogens is 3. The Morgan fingerprint density at radius 1 is 1.05 bits per heavy atom. The molecule has 21 heavy (non-hydrogen) atoms. The van der Waals surface area contributed by atoms with Crippen LogP contribution in [0, 0.1) is 17.5 Å². The maximum absolute atomic E-state index is 13.2. The van der Waals surface area contributed by atoms with Crippen molar-refractivity contribution in [3.05, 3.63) is 35.1 Å². The quantitative estimate of drug-likeness (QED) is 0.783. The molecule has 0 bridgehead atoms. The number of amides is 1. The minimum Gasteiger partial charge on any atom is -0.337 e. The third-order valence-corrected chi connectivity index (χ3v) is 4.34. The van der Waals surface area contributed by atoms with Crippen molar-refractivity contribution < 1.29 is 18.0 Å². The van der Waals surface area contributed by atoms with Gasteiger partial charge in [0, 0.05) is 24.7 Å². The van der Waals surface area contributed by atoms with Crippen LogP contribution in [-0.4, -0.2) is 47.9 Å². The van der Waals surface area contributed by atoms with Crippen LogP contribution in [0.5, 0.6) is 0 Å². The largest absolute Gasteiger partial charge is 0.337 e. The molecule has 0 radical (unpaired) electrons. The first-order valence-corrected chi connectivity index (χ1v) is 7.24. The van der Waals surface area contributed by atoms with E-state index >= 15 is 0 Å². The molecule has 114 valence electrons. The molecule has 0 saturated carbocycles. The van der Waals surface area contributed by atoms with Crippen molar-refractivity contribution in [3.63, 3.8) is 0 Å². The second-order valence-corrected chi connectivity index (χ2v) is 5.69. The monoisotopic (exact) mass is 298 g/mol. The zero-order chi connectivity index (χ0) is 15.0. The minimum atomic E-state index is -1.54. The van der Waals surface area contributed by atoms with Crippen LogP contribution in [0.4, 0.5) is 13.2 Å². The molecule has 0 aliphatic carbocycles. The minimum absolute atomic E-state index is 0.131. The normalized spacial score (nSPS) is 23.0. The first-order valence-electron chi connectivity index (χ1n) is 7.24. The lowest BCUT2D eigenvalue weighted by Gasteiger charge is -2.23. The Hall–Kier alpha value is -1.56. The van der Waals surface area contributed by atoms with Crippen LogP contribution in [0.25, 0.3) is 0 Å². The van der Waals surface area contributed by atoms with Crippen LogP contribution in [0.1, 0.15) is 29.6 Å². The van der Waals surface area contributed by atoms with Crippen LogP contribution in [0.2, 0.25) is 0 Å². The van der Waals surface area contributed by atoms with Crippen molar-refractivity contribution >= 4 is 5.91 Å². The lowest BCUT2D eigenvalue weighted by atomic mass is 10.2. The van der Waals surface area contributed by atoms with Gasteiger partial charge in [-0.05, 0) is 44.5 Å². The third-order valence-electron chi connectivity index (χ3n) is 4.34. The number of carbonyl (C=O) groups is 1. The molecule has 0 aromatic heterocycles. The fourth-order valence-electron chi connectivity index (χ4n) is 3.19. The highest BCUT2D eigenvalue weighted by Crippen LogP contribution is 2.23. The Bertz CT molecular complexity index is 535. The number of hydrogen-bond acceptors (Lipinski definition) is 2. The molecule has 6 heteroatoms. The van der Waals surface area contributed by atoms with E-state index < -0.39 is 23.4 Å². The SMILES string of the molecule is O=C(c1cc(F)c(F)c(F)c1)N1CCC(N2CCCC2)C1. The van der Waals surface area contributed by atoms with Crippen molar-refractivity contribution in [2.45, 2.75) is 25.3 Å². The van der Waals surface area contributed by atoms with Crippen molar-refractivity contribution in [2.24, 2.45) is 0 Å². The van der Waals surface area contributed by atoms with Crippen LogP contribution in [0.3, 0.4) is 0 Å². The molecule has 0 spiro atoms. The summed E-state index contributed by atoms with van der Waals surface area (Å²) in [6.07, 6.45) is 3.23. The van der Waals surface area contributed by atoms with Gasteiger partial charge in [-0.1, -0.05) is 0 Å². The fraction of sp³-hybridized carbons (Fsp3) is 0.533. The molecule has 1 atom stereocenters. The van der Waals surface area contributed by atoms with Crippen LogP contribution in [0.15, 0.2) is 12.1 Å². The molecule has 1 aromatic rings. The van der Waals surface area contributed by atoms with Crippen LogP contribution in [-0.2, 0) is 0 Å². The van der Waals surface area contributed by atoms with E-state index in [9.17, 15) is 18.0 Å². The maximum atomic E-state index is 13.2. The van der Waals surface area contributed by atoms with E-state index in [1.165, 1.54) is 12.8 Å². The highest BCUT2D eigenvalue weighted by atomic mass is 19.2. The smallest absolute Gasteiger partial charge is 0.254 e. The molecule has 0 N–H and O–H groups in total. The first-order chi connectivity index (χ1) is 10.1. The average molecular weight is 298 g/mol. The van der Waals surface area contributed by atoms with Crippen LogP contribution < -0.4 is 0 Å². The summed E-state index contributed by atoms with van der Waals surface area (Å²) in [5.41, 5.74) is -0.131. The fourth-order valence-corrected chi connectivity index (χ4v) is 3.19. The second-order valence-electron chi connectivity index (χ2n) is 5.69. The average Bonchev–Trinajstić information content (AvgIpc) is 3.13. The summed E-state index contributed by atoms with van der Waals surface area (Å²) in [7, 11) is 0. The number of nitrogens with zero attached hydrogens (tertiary/aromatic N) is 2. The number of hydrogen-bond donors (Lipinski definition) is 0. The van der Waals surface area contributed by atoms with Gasteiger partial charge in [0.2, 0.25) is 0 Å². The van der Waals surface area contributed by atoms with E-state index in [1.54, 1.807) is 4.90 Å². The highest BCUT2D eigenvalue weighted by Gasteiger charge is 2.32. The summed E-state index contributed by atoms with van der Waals surface area (Å²) in [5, 5.41) is 0. The summed E-state index contributed by atoms with van der Waals surface area (Å²) in [6.45, 7) is 3.24.